The topological polar surface area (TPSA) is 39.7 Å². The van der Waals surface area contributed by atoms with E-state index in [1.54, 1.807) is 14.2 Å². The van der Waals surface area contributed by atoms with E-state index in [-0.39, 0.29) is 6.04 Å². The van der Waals surface area contributed by atoms with Crippen LogP contribution in [0, 0.1) is 5.92 Å². The van der Waals surface area contributed by atoms with Crippen molar-refractivity contribution in [1.29, 1.82) is 0 Å². The van der Waals surface area contributed by atoms with Crippen LogP contribution in [0.25, 0.3) is 0 Å². The van der Waals surface area contributed by atoms with Gasteiger partial charge in [0, 0.05) is 25.3 Å². The molecule has 2 rings (SSSR count). The lowest BCUT2D eigenvalue weighted by Crippen LogP contribution is -2.38. The van der Waals surface area contributed by atoms with Crippen LogP contribution in [0.4, 0.5) is 0 Å². The van der Waals surface area contributed by atoms with Gasteiger partial charge in [0.25, 0.3) is 0 Å². The molecule has 0 radical (unpaired) electrons. The summed E-state index contributed by atoms with van der Waals surface area (Å²) in [6, 6.07) is 6.87. The molecule has 1 aliphatic rings. The molecule has 21 heavy (non-hydrogen) atoms. The molecule has 0 aliphatic carbocycles. The molecule has 4 heteroatoms. The molecule has 0 bridgehead atoms. The molecule has 0 spiro atoms. The van der Waals surface area contributed by atoms with Crippen LogP contribution in [-0.2, 0) is 4.74 Å². The monoisotopic (exact) mass is 293 g/mol. The van der Waals surface area contributed by atoms with Gasteiger partial charge in [0.15, 0.2) is 11.5 Å². The van der Waals surface area contributed by atoms with Crippen molar-refractivity contribution >= 4 is 0 Å². The van der Waals surface area contributed by atoms with E-state index in [1.807, 2.05) is 12.1 Å². The van der Waals surface area contributed by atoms with Crippen LogP contribution in [0.15, 0.2) is 18.2 Å². The fourth-order valence-corrected chi connectivity index (χ4v) is 2.96. The van der Waals surface area contributed by atoms with Crippen LogP contribution >= 0.6 is 0 Å². The van der Waals surface area contributed by atoms with Crippen LogP contribution in [0.3, 0.4) is 0 Å². The Hall–Kier alpha value is -1.26. The smallest absolute Gasteiger partial charge is 0.161 e. The highest BCUT2D eigenvalue weighted by Gasteiger charge is 2.22. The summed E-state index contributed by atoms with van der Waals surface area (Å²) in [7, 11) is 3.33. The summed E-state index contributed by atoms with van der Waals surface area (Å²) in [6.45, 7) is 6.24. The minimum atomic E-state index is 0.280. The number of methoxy groups -OCH3 is 2. The van der Waals surface area contributed by atoms with Crippen molar-refractivity contribution in [2.45, 2.75) is 38.8 Å². The normalized spacial score (nSPS) is 19.0. The molecule has 1 heterocycles. The third kappa shape index (κ3) is 4.11. The molecule has 1 aromatic carbocycles. The first-order valence-electron chi connectivity index (χ1n) is 7.71. The second kappa shape index (κ2) is 7.66. The summed E-state index contributed by atoms with van der Waals surface area (Å²) >= 11 is 0. The van der Waals surface area contributed by atoms with Crippen LogP contribution in [0.5, 0.6) is 11.5 Å². The molecule has 0 amide bonds. The average molecular weight is 293 g/mol. The van der Waals surface area contributed by atoms with Crippen LogP contribution in [0.2, 0.25) is 0 Å². The Bertz CT molecular complexity index is 444. The minimum Gasteiger partial charge on any atom is -0.493 e. The van der Waals surface area contributed by atoms with Crippen molar-refractivity contribution < 1.29 is 14.2 Å². The second-order valence-corrected chi connectivity index (χ2v) is 5.74. The fraction of sp³-hybridized carbons (Fsp3) is 0.647. The van der Waals surface area contributed by atoms with Crippen LogP contribution < -0.4 is 14.8 Å². The molecule has 1 fully saturated rings. The summed E-state index contributed by atoms with van der Waals surface area (Å²) < 4.78 is 16.1. The van der Waals surface area contributed by atoms with Gasteiger partial charge >= 0.3 is 0 Å². The van der Waals surface area contributed by atoms with Gasteiger partial charge < -0.3 is 19.5 Å². The van der Waals surface area contributed by atoms with Gasteiger partial charge in [0.1, 0.15) is 0 Å². The van der Waals surface area contributed by atoms with E-state index in [9.17, 15) is 0 Å². The molecule has 4 nitrogen and oxygen atoms in total. The highest BCUT2D eigenvalue weighted by molar-refractivity contribution is 5.43. The molecule has 1 aliphatic heterocycles. The van der Waals surface area contributed by atoms with E-state index in [2.05, 4.69) is 25.2 Å². The van der Waals surface area contributed by atoms with Gasteiger partial charge in [-0.2, -0.15) is 0 Å². The zero-order valence-electron chi connectivity index (χ0n) is 13.5. The number of hydrogen-bond acceptors (Lipinski definition) is 4. The van der Waals surface area contributed by atoms with Crippen molar-refractivity contribution in [1.82, 2.24) is 5.32 Å². The molecule has 118 valence electrons. The summed E-state index contributed by atoms with van der Waals surface area (Å²) in [4.78, 5) is 0. The molecular weight excluding hydrogens is 266 g/mol. The van der Waals surface area contributed by atoms with E-state index < -0.39 is 0 Å². The standard InChI is InChI=1S/C17H27NO3/c1-12(14-7-9-21-10-8-14)18-13(2)15-5-6-16(19-3)17(11-15)20-4/h5-6,11-14,18H,7-10H2,1-4H3. The van der Waals surface area contributed by atoms with Gasteiger partial charge in [-0.3, -0.25) is 0 Å². The predicted octanol–water partition coefficient (Wildman–Crippen LogP) is 3.17. The minimum absolute atomic E-state index is 0.280. The molecule has 0 saturated carbocycles. The molecule has 1 saturated heterocycles. The number of benzene rings is 1. The lowest BCUT2D eigenvalue weighted by molar-refractivity contribution is 0.0547. The lowest BCUT2D eigenvalue weighted by Gasteiger charge is -2.31. The SMILES string of the molecule is COc1ccc(C(C)NC(C)C2CCOCC2)cc1OC. The third-order valence-corrected chi connectivity index (χ3v) is 4.39. The van der Waals surface area contributed by atoms with E-state index in [4.69, 9.17) is 14.2 Å². The fourth-order valence-electron chi connectivity index (χ4n) is 2.96. The van der Waals surface area contributed by atoms with Crippen LogP contribution in [0.1, 0.15) is 38.3 Å². The Morgan fingerprint density at radius 2 is 1.76 bits per heavy atom. The van der Waals surface area contributed by atoms with Gasteiger partial charge in [-0.1, -0.05) is 6.07 Å². The Labute approximate surface area is 127 Å². The maximum Gasteiger partial charge on any atom is 0.161 e. The summed E-state index contributed by atoms with van der Waals surface area (Å²) in [5.74, 6) is 2.25. The third-order valence-electron chi connectivity index (χ3n) is 4.39. The zero-order chi connectivity index (χ0) is 15.2. The van der Waals surface area contributed by atoms with Gasteiger partial charge in [-0.15, -0.1) is 0 Å². The van der Waals surface area contributed by atoms with Crippen molar-refractivity contribution in [2.24, 2.45) is 5.92 Å². The zero-order valence-corrected chi connectivity index (χ0v) is 13.5. The highest BCUT2D eigenvalue weighted by atomic mass is 16.5. The number of rotatable bonds is 6. The van der Waals surface area contributed by atoms with Crippen molar-refractivity contribution in [3.8, 4) is 11.5 Å². The van der Waals surface area contributed by atoms with Gasteiger partial charge in [-0.25, -0.2) is 0 Å². The molecule has 2 atom stereocenters. The maximum atomic E-state index is 5.44. The van der Waals surface area contributed by atoms with Crippen molar-refractivity contribution in [2.75, 3.05) is 27.4 Å². The predicted molar refractivity (Wildman–Crippen MR) is 84.1 cm³/mol. The van der Waals surface area contributed by atoms with Gasteiger partial charge in [0.05, 0.1) is 14.2 Å². The maximum absolute atomic E-state index is 5.44. The molecule has 2 unspecified atom stereocenters. The average Bonchev–Trinajstić information content (AvgIpc) is 2.54. The van der Waals surface area contributed by atoms with E-state index in [1.165, 1.54) is 5.56 Å². The van der Waals surface area contributed by atoms with E-state index in [0.29, 0.717) is 12.0 Å². The van der Waals surface area contributed by atoms with Crippen molar-refractivity contribution in [3.05, 3.63) is 23.8 Å². The largest absolute Gasteiger partial charge is 0.493 e. The Kier molecular flexibility index (Phi) is 5.88. The first-order chi connectivity index (χ1) is 10.2. The number of nitrogens with one attached hydrogen (secondary N) is 1. The molecular formula is C17H27NO3. The molecule has 1 aromatic rings. The van der Waals surface area contributed by atoms with Crippen molar-refractivity contribution in [3.63, 3.8) is 0 Å². The molecule has 1 N–H and O–H groups in total. The Balaban J connectivity index is 2.00. The Morgan fingerprint density at radius 1 is 1.10 bits per heavy atom. The Morgan fingerprint density at radius 3 is 2.38 bits per heavy atom. The first-order valence-corrected chi connectivity index (χ1v) is 7.71. The first kappa shape index (κ1) is 16.1. The highest BCUT2D eigenvalue weighted by Crippen LogP contribution is 2.30. The number of ether oxygens (including phenoxy) is 3. The van der Waals surface area contributed by atoms with Crippen LogP contribution in [-0.4, -0.2) is 33.5 Å². The summed E-state index contributed by atoms with van der Waals surface area (Å²) in [5.41, 5.74) is 1.21. The lowest BCUT2D eigenvalue weighted by atomic mass is 9.92. The summed E-state index contributed by atoms with van der Waals surface area (Å²) in [6.07, 6.45) is 2.29. The van der Waals surface area contributed by atoms with Gasteiger partial charge in [-0.05, 0) is 50.3 Å². The summed E-state index contributed by atoms with van der Waals surface area (Å²) in [5, 5.41) is 3.70. The quantitative estimate of drug-likeness (QED) is 0.874. The second-order valence-electron chi connectivity index (χ2n) is 5.74. The molecule has 0 aromatic heterocycles. The van der Waals surface area contributed by atoms with Gasteiger partial charge in [0.2, 0.25) is 0 Å². The van der Waals surface area contributed by atoms with E-state index >= 15 is 0 Å². The number of hydrogen-bond donors (Lipinski definition) is 1. The van der Waals surface area contributed by atoms with E-state index in [0.717, 1.165) is 37.6 Å².